The zero-order chi connectivity index (χ0) is 25.0. The largest absolute Gasteiger partial charge is 0.489 e. The first-order valence-corrected chi connectivity index (χ1v) is 13.8. The molecule has 186 valence electrons. The Morgan fingerprint density at radius 3 is 2.65 bits per heavy atom. The number of piperidine rings is 1. The number of anilines is 1. The fraction of sp³-hybridized carbons (Fsp3) is 0.571. The molecule has 0 N–H and O–H groups in total. The van der Waals surface area contributed by atoms with Crippen LogP contribution in [0.2, 0.25) is 5.02 Å². The average molecular weight is 580 g/mol. The summed E-state index contributed by atoms with van der Waals surface area (Å²) >= 11 is 9.48. The van der Waals surface area contributed by atoms with Crippen LogP contribution in [0.15, 0.2) is 9.63 Å². The zero-order valence-corrected chi connectivity index (χ0v) is 22.4. The van der Waals surface area contributed by atoms with E-state index in [1.54, 1.807) is 25.7 Å². The predicted molar refractivity (Wildman–Crippen MR) is 129 cm³/mol. The number of sulfone groups is 1. The summed E-state index contributed by atoms with van der Waals surface area (Å²) < 4.78 is 51.2. The van der Waals surface area contributed by atoms with Gasteiger partial charge in [0.05, 0.1) is 16.4 Å². The Bertz CT molecular complexity index is 1270. The lowest BCUT2D eigenvalue weighted by molar-refractivity contribution is 0.0197. The minimum atomic E-state index is -3.86. The van der Waals surface area contributed by atoms with Gasteiger partial charge in [0.1, 0.15) is 28.6 Å². The van der Waals surface area contributed by atoms with Crippen LogP contribution in [0.3, 0.4) is 0 Å². The minimum Gasteiger partial charge on any atom is -0.489 e. The van der Waals surface area contributed by atoms with Gasteiger partial charge in [-0.05, 0) is 49.5 Å². The van der Waals surface area contributed by atoms with E-state index in [9.17, 15) is 13.2 Å². The maximum atomic E-state index is 15.2. The molecule has 0 spiro atoms. The van der Waals surface area contributed by atoms with E-state index >= 15 is 4.39 Å². The van der Waals surface area contributed by atoms with Crippen LogP contribution in [0.25, 0.3) is 10.9 Å². The summed E-state index contributed by atoms with van der Waals surface area (Å²) in [5.41, 5.74) is -0.840. The summed E-state index contributed by atoms with van der Waals surface area (Å²) in [6.45, 7) is 6.79. The van der Waals surface area contributed by atoms with Crippen molar-refractivity contribution in [2.24, 2.45) is 0 Å². The highest BCUT2D eigenvalue weighted by molar-refractivity contribution is 9.10. The van der Waals surface area contributed by atoms with Gasteiger partial charge in [0, 0.05) is 25.4 Å². The van der Waals surface area contributed by atoms with Crippen molar-refractivity contribution in [3.63, 3.8) is 0 Å². The molecule has 1 atom stereocenters. The Morgan fingerprint density at radius 1 is 1.29 bits per heavy atom. The quantitative estimate of drug-likeness (QED) is 0.386. The summed E-state index contributed by atoms with van der Waals surface area (Å²) in [6, 6.07) is -0.230. The second-order valence-electron chi connectivity index (χ2n) is 9.36. The normalized spacial score (nSPS) is 19.1. The van der Waals surface area contributed by atoms with Gasteiger partial charge in [-0.15, -0.1) is 0 Å². The Morgan fingerprint density at radius 2 is 2.00 bits per heavy atom. The van der Waals surface area contributed by atoms with Crippen molar-refractivity contribution in [1.29, 1.82) is 0 Å². The number of ether oxygens (including phenoxy) is 2. The van der Waals surface area contributed by atoms with Crippen molar-refractivity contribution in [2.75, 3.05) is 37.4 Å². The van der Waals surface area contributed by atoms with Gasteiger partial charge in [-0.25, -0.2) is 27.6 Å². The summed E-state index contributed by atoms with van der Waals surface area (Å²) in [4.78, 5) is 24.5. The zero-order valence-electron chi connectivity index (χ0n) is 19.2. The Balaban J connectivity index is 1.84. The molecule has 9 nitrogen and oxygen atoms in total. The van der Waals surface area contributed by atoms with Gasteiger partial charge in [0.25, 0.3) is 0 Å². The van der Waals surface area contributed by atoms with Crippen LogP contribution in [-0.2, 0) is 14.6 Å². The molecule has 0 radical (unpaired) electrons. The first kappa shape index (κ1) is 25.2. The minimum absolute atomic E-state index is 0.0165. The molecule has 1 saturated heterocycles. The molecule has 1 aromatic heterocycles. The van der Waals surface area contributed by atoms with E-state index in [0.717, 1.165) is 6.26 Å². The van der Waals surface area contributed by atoms with Gasteiger partial charge in [-0.2, -0.15) is 0 Å². The van der Waals surface area contributed by atoms with Crippen molar-refractivity contribution in [1.82, 2.24) is 14.9 Å². The van der Waals surface area contributed by atoms with Gasteiger partial charge >= 0.3 is 6.09 Å². The number of carbonyl (C=O) groups is 1. The SMILES string of the molecule is CC(C)(C)OC(=O)N1CCCC(N2CCOc3c(Cl)c(Br)c(F)c4nc(S(C)(=O)=O)nc2c34)C1. The third-order valence-corrected chi connectivity index (χ3v) is 7.74. The number of nitrogens with zero attached hydrogens (tertiary/aromatic N) is 4. The average Bonchev–Trinajstić information content (AvgIpc) is 2.94. The molecule has 0 bridgehead atoms. The van der Waals surface area contributed by atoms with E-state index < -0.39 is 32.5 Å². The van der Waals surface area contributed by atoms with E-state index in [1.807, 2.05) is 4.90 Å². The van der Waals surface area contributed by atoms with Crippen LogP contribution >= 0.6 is 27.5 Å². The molecule has 1 aromatic carbocycles. The fourth-order valence-electron chi connectivity index (χ4n) is 4.12. The van der Waals surface area contributed by atoms with Crippen molar-refractivity contribution in [2.45, 2.75) is 50.4 Å². The Hall–Kier alpha value is -1.92. The number of hydrogen-bond donors (Lipinski definition) is 0. The van der Waals surface area contributed by atoms with Gasteiger partial charge < -0.3 is 19.3 Å². The molecule has 0 aliphatic carbocycles. The lowest BCUT2D eigenvalue weighted by atomic mass is 10.0. The van der Waals surface area contributed by atoms with Gasteiger partial charge in [-0.1, -0.05) is 11.6 Å². The molecular weight excluding hydrogens is 555 g/mol. The molecule has 3 heterocycles. The van der Waals surface area contributed by atoms with E-state index in [0.29, 0.717) is 32.5 Å². The maximum Gasteiger partial charge on any atom is 0.410 e. The molecule has 1 fully saturated rings. The number of carbonyl (C=O) groups excluding carboxylic acids is 1. The number of likely N-dealkylation sites (tertiary alicyclic amines) is 1. The summed E-state index contributed by atoms with van der Waals surface area (Å²) in [7, 11) is -3.86. The molecule has 13 heteroatoms. The number of rotatable bonds is 2. The predicted octanol–water partition coefficient (Wildman–Crippen LogP) is 4.19. The third kappa shape index (κ3) is 4.76. The number of benzene rings is 1. The number of aromatic nitrogens is 2. The van der Waals surface area contributed by atoms with Crippen LogP contribution < -0.4 is 9.64 Å². The molecule has 1 amide bonds. The first-order chi connectivity index (χ1) is 15.8. The van der Waals surface area contributed by atoms with Crippen LogP contribution in [0.4, 0.5) is 15.0 Å². The standard InChI is InChI=1S/C21H25BrClFN4O5S/c1-21(2,3)33-20(29)27-7-5-6-11(10-27)28-8-9-32-17-12-16(15(24)13(22)14(17)23)25-19(26-18(12)28)34(4,30)31/h11H,5-10H2,1-4H3. The highest BCUT2D eigenvalue weighted by Gasteiger charge is 2.36. The molecule has 2 aliphatic heterocycles. The maximum absolute atomic E-state index is 15.2. The lowest BCUT2D eigenvalue weighted by Crippen LogP contribution is -2.52. The number of hydrogen-bond acceptors (Lipinski definition) is 8. The molecule has 4 rings (SSSR count). The van der Waals surface area contributed by atoms with E-state index in [4.69, 9.17) is 21.1 Å². The topological polar surface area (TPSA) is 102 Å². The van der Waals surface area contributed by atoms with E-state index in [-0.39, 0.29) is 44.6 Å². The van der Waals surface area contributed by atoms with Crippen LogP contribution in [0.5, 0.6) is 5.75 Å². The van der Waals surface area contributed by atoms with Crippen molar-refractivity contribution in [3.8, 4) is 5.75 Å². The molecule has 2 aliphatic rings. The van der Waals surface area contributed by atoms with Crippen LogP contribution in [0, 0.1) is 5.82 Å². The lowest BCUT2D eigenvalue weighted by Gasteiger charge is -2.40. The Labute approximate surface area is 210 Å². The van der Waals surface area contributed by atoms with Gasteiger partial charge in [0.15, 0.2) is 11.6 Å². The monoisotopic (exact) mass is 578 g/mol. The van der Waals surface area contributed by atoms with Gasteiger partial charge in [0.2, 0.25) is 15.0 Å². The van der Waals surface area contributed by atoms with E-state index in [2.05, 4.69) is 25.9 Å². The fourth-order valence-corrected chi connectivity index (χ4v) is 5.23. The summed E-state index contributed by atoms with van der Waals surface area (Å²) in [5, 5.41) is -0.284. The molecular formula is C21H25BrClFN4O5S. The second-order valence-corrected chi connectivity index (χ2v) is 12.4. The summed E-state index contributed by atoms with van der Waals surface area (Å²) in [6.07, 6.45) is 1.96. The highest BCUT2D eigenvalue weighted by atomic mass is 79.9. The van der Waals surface area contributed by atoms with Crippen LogP contribution in [0.1, 0.15) is 33.6 Å². The van der Waals surface area contributed by atoms with Crippen molar-refractivity contribution < 1.29 is 27.1 Å². The van der Waals surface area contributed by atoms with Crippen molar-refractivity contribution in [3.05, 3.63) is 15.3 Å². The van der Waals surface area contributed by atoms with Crippen LogP contribution in [-0.4, -0.2) is 73.5 Å². The first-order valence-electron chi connectivity index (χ1n) is 10.7. The molecule has 34 heavy (non-hydrogen) atoms. The Kier molecular flexibility index (Phi) is 6.62. The van der Waals surface area contributed by atoms with E-state index in [1.165, 1.54) is 0 Å². The second kappa shape index (κ2) is 8.94. The molecule has 2 aromatic rings. The van der Waals surface area contributed by atoms with Gasteiger partial charge in [-0.3, -0.25) is 0 Å². The highest BCUT2D eigenvalue weighted by Crippen LogP contribution is 2.46. The molecule has 0 saturated carbocycles. The molecule has 1 unspecified atom stereocenters. The third-order valence-electron chi connectivity index (χ3n) is 5.56. The smallest absolute Gasteiger partial charge is 0.410 e. The summed E-state index contributed by atoms with van der Waals surface area (Å²) in [5.74, 6) is -0.411. The number of amides is 1. The van der Waals surface area contributed by atoms with Crippen molar-refractivity contribution >= 4 is 60.2 Å². The number of halogens is 3.